The molecule has 0 radical (unpaired) electrons. The van der Waals surface area contributed by atoms with Crippen LogP contribution in [0.15, 0.2) is 12.4 Å². The van der Waals surface area contributed by atoms with E-state index in [0.29, 0.717) is 11.8 Å². The number of nitrogens with zero attached hydrogens (tertiary/aromatic N) is 7. The smallest absolute Gasteiger partial charge is 0.254 e. The Balaban J connectivity index is 1.49. The number of likely N-dealkylation sites (N-methyl/N-ethyl adjacent to an activating group) is 1. The molecule has 0 amide bonds. The highest BCUT2D eigenvalue weighted by Gasteiger charge is 2.31. The molecule has 7 nitrogen and oxygen atoms in total. The van der Waals surface area contributed by atoms with Crippen molar-refractivity contribution in [2.24, 2.45) is 0 Å². The Kier molecular flexibility index (Phi) is 3.90. The molecule has 4 heterocycles. The largest absolute Gasteiger partial charge is 0.355 e. The minimum absolute atomic E-state index is 0.654. The van der Waals surface area contributed by atoms with Gasteiger partial charge in [-0.3, -0.25) is 4.90 Å². The van der Waals surface area contributed by atoms with Crippen molar-refractivity contribution in [3.8, 4) is 0 Å². The summed E-state index contributed by atoms with van der Waals surface area (Å²) in [5.41, 5.74) is 1.00. The van der Waals surface area contributed by atoms with E-state index in [2.05, 4.69) is 42.8 Å². The Hall–Kier alpha value is -1.73. The summed E-state index contributed by atoms with van der Waals surface area (Å²) in [6, 6.07) is 2.78. The lowest BCUT2D eigenvalue weighted by molar-refractivity contribution is 0.107. The van der Waals surface area contributed by atoms with Crippen LogP contribution in [-0.2, 0) is 0 Å². The molecule has 7 heteroatoms. The van der Waals surface area contributed by atoms with Crippen LogP contribution in [0.3, 0.4) is 0 Å². The summed E-state index contributed by atoms with van der Waals surface area (Å²) in [6.07, 6.45) is 2.81. The number of fused-ring (bicyclic) bond motifs is 1. The summed E-state index contributed by atoms with van der Waals surface area (Å²) in [7, 11) is 0. The van der Waals surface area contributed by atoms with Crippen LogP contribution in [0.2, 0.25) is 0 Å². The summed E-state index contributed by atoms with van der Waals surface area (Å²) in [4.78, 5) is 16.3. The molecule has 0 bridgehead atoms. The van der Waals surface area contributed by atoms with E-state index in [1.165, 1.54) is 39.1 Å². The lowest BCUT2D eigenvalue weighted by Gasteiger charge is -2.37. The molecule has 2 saturated heterocycles. The standard InChI is InChI=1S/C16H25N7/c1-3-20-6-8-21(9-7-20)14-4-5-22(11-14)15-10-13(2)19-16-17-12-18-23(15)16/h10,12,14H,3-9,11H2,1-2H3. The second-order valence-electron chi connectivity index (χ2n) is 6.59. The molecule has 1 unspecified atom stereocenters. The highest BCUT2D eigenvalue weighted by atomic mass is 15.4. The quantitative estimate of drug-likeness (QED) is 0.829. The number of rotatable bonds is 3. The third-order valence-corrected chi connectivity index (χ3v) is 5.22. The number of hydrogen-bond donors (Lipinski definition) is 0. The molecule has 2 aliphatic rings. The molecule has 0 spiro atoms. The van der Waals surface area contributed by atoms with Gasteiger partial charge in [-0.2, -0.15) is 14.6 Å². The molecule has 1 atom stereocenters. The highest BCUT2D eigenvalue weighted by molar-refractivity contribution is 5.48. The molecular formula is C16H25N7. The van der Waals surface area contributed by atoms with Gasteiger partial charge in [0.25, 0.3) is 5.78 Å². The van der Waals surface area contributed by atoms with Crippen LogP contribution in [-0.4, -0.2) is 81.2 Å². The van der Waals surface area contributed by atoms with E-state index >= 15 is 0 Å². The van der Waals surface area contributed by atoms with Crippen LogP contribution in [0, 0.1) is 6.92 Å². The van der Waals surface area contributed by atoms with Gasteiger partial charge in [-0.05, 0) is 19.9 Å². The van der Waals surface area contributed by atoms with E-state index in [1.54, 1.807) is 6.33 Å². The normalized spacial score (nSPS) is 23.9. The third kappa shape index (κ3) is 2.79. The zero-order chi connectivity index (χ0) is 15.8. The Morgan fingerprint density at radius 2 is 2.00 bits per heavy atom. The SMILES string of the molecule is CCN1CCN(C2CCN(c3cc(C)nc4ncnn34)C2)CC1. The van der Waals surface area contributed by atoms with Crippen molar-refractivity contribution in [3.63, 3.8) is 0 Å². The molecule has 23 heavy (non-hydrogen) atoms. The third-order valence-electron chi connectivity index (χ3n) is 5.22. The van der Waals surface area contributed by atoms with Crippen LogP contribution in [0.25, 0.3) is 5.78 Å². The van der Waals surface area contributed by atoms with Crippen molar-refractivity contribution >= 4 is 11.6 Å². The number of piperazine rings is 1. The maximum Gasteiger partial charge on any atom is 0.254 e. The molecule has 0 aliphatic carbocycles. The molecule has 4 rings (SSSR count). The van der Waals surface area contributed by atoms with Crippen molar-refractivity contribution in [3.05, 3.63) is 18.1 Å². The van der Waals surface area contributed by atoms with E-state index < -0.39 is 0 Å². The van der Waals surface area contributed by atoms with Crippen LogP contribution in [0.1, 0.15) is 19.0 Å². The lowest BCUT2D eigenvalue weighted by Crippen LogP contribution is -2.50. The summed E-state index contributed by atoms with van der Waals surface area (Å²) >= 11 is 0. The lowest BCUT2D eigenvalue weighted by atomic mass is 10.2. The Labute approximate surface area is 136 Å². The molecule has 0 saturated carbocycles. The molecule has 2 aliphatic heterocycles. The predicted molar refractivity (Wildman–Crippen MR) is 89.8 cm³/mol. The number of hydrogen-bond acceptors (Lipinski definition) is 6. The Morgan fingerprint density at radius 3 is 2.78 bits per heavy atom. The van der Waals surface area contributed by atoms with Crippen LogP contribution in [0.5, 0.6) is 0 Å². The van der Waals surface area contributed by atoms with Gasteiger partial charge in [-0.25, -0.2) is 4.98 Å². The topological polar surface area (TPSA) is 52.8 Å². The van der Waals surface area contributed by atoms with Gasteiger partial charge in [-0.15, -0.1) is 0 Å². The van der Waals surface area contributed by atoms with E-state index in [9.17, 15) is 0 Å². The van der Waals surface area contributed by atoms with Crippen LogP contribution < -0.4 is 4.90 Å². The van der Waals surface area contributed by atoms with Crippen molar-refractivity contribution in [2.75, 3.05) is 50.7 Å². The van der Waals surface area contributed by atoms with E-state index in [1.807, 2.05) is 11.4 Å². The number of aryl methyl sites for hydroxylation is 1. The first kappa shape index (κ1) is 14.8. The van der Waals surface area contributed by atoms with Gasteiger partial charge < -0.3 is 9.80 Å². The van der Waals surface area contributed by atoms with Gasteiger partial charge in [0.05, 0.1) is 0 Å². The molecule has 0 aromatic carbocycles. The predicted octanol–water partition coefficient (Wildman–Crippen LogP) is 0.649. The van der Waals surface area contributed by atoms with Gasteiger partial charge in [-0.1, -0.05) is 6.92 Å². The minimum atomic E-state index is 0.654. The molecule has 124 valence electrons. The van der Waals surface area contributed by atoms with E-state index in [4.69, 9.17) is 0 Å². The molecule has 2 fully saturated rings. The molecule has 2 aromatic heterocycles. The average Bonchev–Trinajstić information content (AvgIpc) is 3.23. The van der Waals surface area contributed by atoms with Crippen molar-refractivity contribution < 1.29 is 0 Å². The second kappa shape index (κ2) is 6.05. The Morgan fingerprint density at radius 1 is 1.17 bits per heavy atom. The zero-order valence-corrected chi connectivity index (χ0v) is 14.0. The molecular weight excluding hydrogens is 290 g/mol. The first-order chi connectivity index (χ1) is 11.2. The van der Waals surface area contributed by atoms with Crippen LogP contribution in [0.4, 0.5) is 5.82 Å². The fourth-order valence-electron chi connectivity index (χ4n) is 3.83. The van der Waals surface area contributed by atoms with E-state index in [0.717, 1.165) is 24.6 Å². The first-order valence-corrected chi connectivity index (χ1v) is 8.63. The monoisotopic (exact) mass is 315 g/mol. The zero-order valence-electron chi connectivity index (χ0n) is 14.0. The number of anilines is 1. The van der Waals surface area contributed by atoms with Crippen molar-refractivity contribution in [2.45, 2.75) is 26.3 Å². The van der Waals surface area contributed by atoms with Crippen LogP contribution >= 0.6 is 0 Å². The van der Waals surface area contributed by atoms with Gasteiger partial charge in [0.2, 0.25) is 0 Å². The number of aromatic nitrogens is 4. The van der Waals surface area contributed by atoms with Gasteiger partial charge in [0.15, 0.2) is 0 Å². The van der Waals surface area contributed by atoms with E-state index in [-0.39, 0.29) is 0 Å². The summed E-state index contributed by atoms with van der Waals surface area (Å²) in [5, 5.41) is 4.34. The summed E-state index contributed by atoms with van der Waals surface area (Å²) in [5.74, 6) is 1.82. The Bertz CT molecular complexity index is 674. The summed E-state index contributed by atoms with van der Waals surface area (Å²) < 4.78 is 1.87. The minimum Gasteiger partial charge on any atom is -0.355 e. The first-order valence-electron chi connectivity index (χ1n) is 8.63. The maximum atomic E-state index is 4.44. The van der Waals surface area contributed by atoms with Gasteiger partial charge >= 0.3 is 0 Å². The maximum absolute atomic E-state index is 4.44. The molecule has 0 N–H and O–H groups in total. The summed E-state index contributed by atoms with van der Waals surface area (Å²) in [6.45, 7) is 12.4. The van der Waals surface area contributed by atoms with Crippen molar-refractivity contribution in [1.29, 1.82) is 0 Å². The molecule has 2 aromatic rings. The highest BCUT2D eigenvalue weighted by Crippen LogP contribution is 2.24. The second-order valence-corrected chi connectivity index (χ2v) is 6.59. The van der Waals surface area contributed by atoms with Gasteiger partial charge in [0, 0.05) is 57.1 Å². The average molecular weight is 315 g/mol. The fourth-order valence-corrected chi connectivity index (χ4v) is 3.83. The van der Waals surface area contributed by atoms with Crippen molar-refractivity contribution in [1.82, 2.24) is 29.4 Å². The fraction of sp³-hybridized carbons (Fsp3) is 0.688. The van der Waals surface area contributed by atoms with Gasteiger partial charge in [0.1, 0.15) is 12.1 Å².